The molecule has 0 saturated heterocycles. The normalized spacial score (nSPS) is 12.3. The van der Waals surface area contributed by atoms with Crippen molar-refractivity contribution in [2.24, 2.45) is 0 Å². The van der Waals surface area contributed by atoms with Gasteiger partial charge in [-0.1, -0.05) is 37.3 Å². The van der Waals surface area contributed by atoms with Crippen molar-refractivity contribution < 1.29 is 0 Å². The van der Waals surface area contributed by atoms with Gasteiger partial charge < -0.3 is 10.3 Å². The van der Waals surface area contributed by atoms with E-state index in [4.69, 9.17) is 4.98 Å². The van der Waals surface area contributed by atoms with Crippen LogP contribution in [-0.2, 0) is 0 Å². The number of rotatable bonds is 5. The predicted octanol–water partition coefficient (Wildman–Crippen LogP) is 5.13. The van der Waals surface area contributed by atoms with Crippen LogP contribution in [0.4, 0.5) is 5.82 Å². The van der Waals surface area contributed by atoms with Crippen LogP contribution in [0.3, 0.4) is 0 Å². The fraction of sp³-hybridized carbons (Fsp3) is 0.160. The first-order valence-electron chi connectivity index (χ1n) is 10.4. The summed E-state index contributed by atoms with van der Waals surface area (Å²) in [7, 11) is 0. The Morgan fingerprint density at radius 3 is 2.71 bits per heavy atom. The van der Waals surface area contributed by atoms with E-state index in [-0.39, 0.29) is 11.6 Å². The molecule has 0 aliphatic heterocycles. The van der Waals surface area contributed by atoms with Gasteiger partial charge in [-0.2, -0.15) is 0 Å². The summed E-state index contributed by atoms with van der Waals surface area (Å²) in [5.74, 6) is 1.44. The van der Waals surface area contributed by atoms with Crippen LogP contribution in [0.25, 0.3) is 27.5 Å². The lowest BCUT2D eigenvalue weighted by Gasteiger charge is -2.22. The Labute approximate surface area is 179 Å². The average molecular weight is 409 g/mol. The van der Waals surface area contributed by atoms with Crippen molar-refractivity contribution in [3.63, 3.8) is 0 Å². The van der Waals surface area contributed by atoms with Crippen LogP contribution in [-0.4, -0.2) is 19.5 Å². The van der Waals surface area contributed by atoms with Gasteiger partial charge in [0.05, 0.1) is 28.1 Å². The van der Waals surface area contributed by atoms with Crippen molar-refractivity contribution in [1.82, 2.24) is 19.5 Å². The Kier molecular flexibility index (Phi) is 4.75. The van der Waals surface area contributed by atoms with Crippen molar-refractivity contribution >= 4 is 27.6 Å². The standard InChI is InChI=1S/C25H23N5O/c1-3-19(28-23-18-12-14-26-20(18)13-15-27-23)24-29-21-11-7-8-16(2)22(21)25(31)30(24)17-9-5-4-6-10-17/h4-15,19,26H,3H2,1-2H3,(H,27,28). The summed E-state index contributed by atoms with van der Waals surface area (Å²) in [5.41, 5.74) is 3.38. The molecule has 0 bridgehead atoms. The highest BCUT2D eigenvalue weighted by Gasteiger charge is 2.21. The molecule has 154 valence electrons. The number of para-hydroxylation sites is 1. The second-order valence-corrected chi connectivity index (χ2v) is 7.62. The first-order valence-corrected chi connectivity index (χ1v) is 10.4. The number of hydrogen-bond acceptors (Lipinski definition) is 4. The second-order valence-electron chi connectivity index (χ2n) is 7.62. The lowest BCUT2D eigenvalue weighted by atomic mass is 10.1. The molecule has 2 aromatic carbocycles. The van der Waals surface area contributed by atoms with Crippen molar-refractivity contribution in [1.29, 1.82) is 0 Å². The lowest BCUT2D eigenvalue weighted by Crippen LogP contribution is -2.28. The molecule has 5 rings (SSSR count). The molecule has 0 amide bonds. The number of H-pyrrole nitrogens is 1. The number of nitrogens with one attached hydrogen (secondary N) is 2. The molecule has 0 radical (unpaired) electrons. The van der Waals surface area contributed by atoms with Gasteiger partial charge in [-0.05, 0) is 49.2 Å². The van der Waals surface area contributed by atoms with Gasteiger partial charge in [-0.25, -0.2) is 9.97 Å². The van der Waals surface area contributed by atoms with E-state index in [1.807, 2.05) is 73.8 Å². The van der Waals surface area contributed by atoms with Gasteiger partial charge in [0.2, 0.25) is 0 Å². The highest BCUT2D eigenvalue weighted by atomic mass is 16.1. The van der Waals surface area contributed by atoms with Crippen molar-refractivity contribution in [3.8, 4) is 5.69 Å². The molecule has 31 heavy (non-hydrogen) atoms. The maximum absolute atomic E-state index is 13.7. The fourth-order valence-electron chi connectivity index (χ4n) is 4.09. The Morgan fingerprint density at radius 1 is 1.06 bits per heavy atom. The Bertz CT molecular complexity index is 1440. The summed E-state index contributed by atoms with van der Waals surface area (Å²) in [5, 5.41) is 5.19. The molecule has 0 fully saturated rings. The summed E-state index contributed by atoms with van der Waals surface area (Å²) >= 11 is 0. The summed E-state index contributed by atoms with van der Waals surface area (Å²) in [6, 6.07) is 19.2. The minimum Gasteiger partial charge on any atom is -0.361 e. The lowest BCUT2D eigenvalue weighted by molar-refractivity contribution is 0.659. The quantitative estimate of drug-likeness (QED) is 0.422. The van der Waals surface area contributed by atoms with Crippen molar-refractivity contribution in [2.75, 3.05) is 5.32 Å². The highest BCUT2D eigenvalue weighted by Crippen LogP contribution is 2.27. The summed E-state index contributed by atoms with van der Waals surface area (Å²) in [6.07, 6.45) is 4.41. The minimum atomic E-state index is -0.203. The van der Waals surface area contributed by atoms with Crippen molar-refractivity contribution in [2.45, 2.75) is 26.3 Å². The average Bonchev–Trinajstić information content (AvgIpc) is 3.27. The topological polar surface area (TPSA) is 75.6 Å². The molecule has 1 atom stereocenters. The third kappa shape index (κ3) is 3.26. The highest BCUT2D eigenvalue weighted by molar-refractivity contribution is 5.89. The molecule has 1 unspecified atom stereocenters. The SMILES string of the molecule is CCC(Nc1nccc2[nH]ccc12)c1nc2cccc(C)c2c(=O)n1-c1ccccc1. The molecular formula is C25H23N5O. The molecular weight excluding hydrogens is 386 g/mol. The van der Waals surface area contributed by atoms with E-state index in [1.165, 1.54) is 0 Å². The van der Waals surface area contributed by atoms with Gasteiger partial charge >= 0.3 is 0 Å². The van der Waals surface area contributed by atoms with Crippen LogP contribution in [0.2, 0.25) is 0 Å². The number of anilines is 1. The summed E-state index contributed by atoms with van der Waals surface area (Å²) in [4.78, 5) is 26.4. The molecule has 5 aromatic rings. The van der Waals surface area contributed by atoms with E-state index in [1.54, 1.807) is 10.8 Å². The Hall–Kier alpha value is -3.93. The first-order chi connectivity index (χ1) is 15.2. The number of pyridine rings is 1. The number of aromatic amines is 1. The van der Waals surface area contributed by atoms with Gasteiger partial charge in [-0.3, -0.25) is 9.36 Å². The van der Waals surface area contributed by atoms with Crippen molar-refractivity contribution in [3.05, 3.63) is 94.8 Å². The molecule has 6 nitrogen and oxygen atoms in total. The summed E-state index contributed by atoms with van der Waals surface area (Å²) < 4.78 is 1.73. The molecule has 3 aromatic heterocycles. The van der Waals surface area contributed by atoms with E-state index >= 15 is 0 Å². The predicted molar refractivity (Wildman–Crippen MR) is 125 cm³/mol. The summed E-state index contributed by atoms with van der Waals surface area (Å²) in [6.45, 7) is 4.03. The number of aryl methyl sites for hydroxylation is 1. The molecule has 0 aliphatic rings. The molecule has 2 N–H and O–H groups in total. The molecule has 0 aliphatic carbocycles. The Morgan fingerprint density at radius 2 is 1.90 bits per heavy atom. The van der Waals surface area contributed by atoms with Crippen LogP contribution in [0.15, 0.2) is 77.9 Å². The van der Waals surface area contributed by atoms with Crippen LogP contribution in [0.1, 0.15) is 30.8 Å². The van der Waals surface area contributed by atoms with Crippen LogP contribution in [0.5, 0.6) is 0 Å². The largest absolute Gasteiger partial charge is 0.361 e. The number of fused-ring (bicyclic) bond motifs is 2. The van der Waals surface area contributed by atoms with Gasteiger partial charge in [0, 0.05) is 17.8 Å². The zero-order valence-corrected chi connectivity index (χ0v) is 17.5. The zero-order valence-electron chi connectivity index (χ0n) is 17.5. The second kappa shape index (κ2) is 7.72. The van der Waals surface area contributed by atoms with Gasteiger partial charge in [0.15, 0.2) is 0 Å². The van der Waals surface area contributed by atoms with Gasteiger partial charge in [0.1, 0.15) is 11.6 Å². The molecule has 6 heteroatoms. The Balaban J connectivity index is 1.74. The van der Waals surface area contributed by atoms with Crippen LogP contribution >= 0.6 is 0 Å². The molecule has 0 saturated carbocycles. The first kappa shape index (κ1) is 19.1. The van der Waals surface area contributed by atoms with E-state index in [0.717, 1.165) is 34.4 Å². The number of nitrogens with zero attached hydrogens (tertiary/aromatic N) is 3. The van der Waals surface area contributed by atoms with E-state index in [0.29, 0.717) is 16.7 Å². The smallest absolute Gasteiger partial charge is 0.266 e. The fourth-order valence-corrected chi connectivity index (χ4v) is 4.09. The third-order valence-corrected chi connectivity index (χ3v) is 5.66. The minimum absolute atomic E-state index is 0.0580. The van der Waals surface area contributed by atoms with Gasteiger partial charge in [0.25, 0.3) is 5.56 Å². The number of aromatic nitrogens is 4. The van der Waals surface area contributed by atoms with E-state index in [2.05, 4.69) is 22.2 Å². The third-order valence-electron chi connectivity index (χ3n) is 5.66. The maximum atomic E-state index is 13.7. The van der Waals surface area contributed by atoms with E-state index < -0.39 is 0 Å². The van der Waals surface area contributed by atoms with Gasteiger partial charge in [-0.15, -0.1) is 0 Å². The van der Waals surface area contributed by atoms with Crippen LogP contribution < -0.4 is 10.9 Å². The number of hydrogen-bond donors (Lipinski definition) is 2. The number of benzene rings is 2. The molecule has 3 heterocycles. The molecule has 0 spiro atoms. The zero-order chi connectivity index (χ0) is 21.4. The monoisotopic (exact) mass is 409 g/mol. The van der Waals surface area contributed by atoms with E-state index in [9.17, 15) is 4.79 Å². The van der Waals surface area contributed by atoms with Crippen LogP contribution in [0, 0.1) is 6.92 Å². The maximum Gasteiger partial charge on any atom is 0.266 e.